The van der Waals surface area contributed by atoms with E-state index in [0.29, 0.717) is 17.1 Å². The summed E-state index contributed by atoms with van der Waals surface area (Å²) in [5.74, 6) is 0.275. The van der Waals surface area contributed by atoms with E-state index >= 15 is 0 Å². The van der Waals surface area contributed by atoms with Crippen molar-refractivity contribution in [1.29, 1.82) is 0 Å². The average molecular weight is 436 g/mol. The Hall–Kier alpha value is -2.91. The van der Waals surface area contributed by atoms with Gasteiger partial charge in [-0.2, -0.15) is 0 Å². The Morgan fingerprint density at radius 3 is 2.27 bits per heavy atom. The lowest BCUT2D eigenvalue weighted by Crippen LogP contribution is -2.47. The molecular formula is C21H29N3O5S. The molecule has 2 rings (SSSR count). The van der Waals surface area contributed by atoms with Crippen LogP contribution in [0, 0.1) is 0 Å². The zero-order valence-corrected chi connectivity index (χ0v) is 18.0. The van der Waals surface area contributed by atoms with Gasteiger partial charge in [-0.25, -0.2) is 8.42 Å². The number of amides is 2. The van der Waals surface area contributed by atoms with Gasteiger partial charge in [0, 0.05) is 18.7 Å². The summed E-state index contributed by atoms with van der Waals surface area (Å²) in [7, 11) is -3.05. The quantitative estimate of drug-likeness (QED) is 0.492. The summed E-state index contributed by atoms with van der Waals surface area (Å²) in [5, 5.41) is 2.55. The molecule has 1 aromatic carbocycles. The van der Waals surface area contributed by atoms with Gasteiger partial charge in [-0.3, -0.25) is 9.59 Å². The molecule has 0 aliphatic carbocycles. The van der Waals surface area contributed by atoms with Crippen molar-refractivity contribution in [2.45, 2.75) is 6.92 Å². The van der Waals surface area contributed by atoms with Crippen molar-refractivity contribution in [3.8, 4) is 5.75 Å². The highest BCUT2D eigenvalue weighted by molar-refractivity contribution is 7.91. The van der Waals surface area contributed by atoms with Crippen molar-refractivity contribution in [3.63, 3.8) is 0 Å². The maximum atomic E-state index is 12.2. The molecule has 1 aliphatic rings. The number of sulfone groups is 1. The number of nitrogens with zero attached hydrogens (tertiary/aromatic N) is 1. The Morgan fingerprint density at radius 2 is 1.77 bits per heavy atom. The molecule has 1 fully saturated rings. The van der Waals surface area contributed by atoms with E-state index in [1.54, 1.807) is 42.5 Å². The van der Waals surface area contributed by atoms with Gasteiger partial charge in [-0.1, -0.05) is 26.2 Å². The molecule has 0 spiro atoms. The fraction of sp³-hybridized carbons (Fsp3) is 0.333. The van der Waals surface area contributed by atoms with Crippen LogP contribution in [0.25, 0.3) is 0 Å². The molecule has 30 heavy (non-hydrogen) atoms. The van der Waals surface area contributed by atoms with Crippen LogP contribution in [0.2, 0.25) is 0 Å². The summed E-state index contributed by atoms with van der Waals surface area (Å²) in [6, 6.07) is 6.42. The number of hydrogen-bond donors (Lipinski definition) is 2. The minimum Gasteiger partial charge on any atom is -0.457 e. The Balaban J connectivity index is 0.00000141. The van der Waals surface area contributed by atoms with E-state index in [4.69, 9.17) is 10.5 Å². The SMILES string of the molecule is C=C/C=C(\C=C)Oc1ccc(C(=O)NCC(=O)N2CCS(=O)(=O)CC2)cc1.CCN. The number of hydrogen-bond acceptors (Lipinski definition) is 6. The molecular weight excluding hydrogens is 406 g/mol. The fourth-order valence-corrected chi connectivity index (χ4v) is 3.60. The minimum absolute atomic E-state index is 0.0405. The van der Waals surface area contributed by atoms with E-state index in [0.717, 1.165) is 6.54 Å². The molecule has 0 aromatic heterocycles. The molecule has 1 heterocycles. The van der Waals surface area contributed by atoms with Crippen molar-refractivity contribution in [2.75, 3.05) is 37.7 Å². The summed E-state index contributed by atoms with van der Waals surface area (Å²) in [5.41, 5.74) is 5.23. The molecule has 0 saturated carbocycles. The summed E-state index contributed by atoms with van der Waals surface area (Å²) >= 11 is 0. The van der Waals surface area contributed by atoms with Crippen molar-refractivity contribution >= 4 is 21.7 Å². The summed E-state index contributed by atoms with van der Waals surface area (Å²) < 4.78 is 28.3. The molecule has 2 amide bonds. The van der Waals surface area contributed by atoms with E-state index in [9.17, 15) is 18.0 Å². The van der Waals surface area contributed by atoms with Gasteiger partial charge >= 0.3 is 0 Å². The predicted molar refractivity (Wildman–Crippen MR) is 118 cm³/mol. The van der Waals surface area contributed by atoms with E-state index in [1.807, 2.05) is 6.92 Å². The number of nitrogens with one attached hydrogen (secondary N) is 1. The van der Waals surface area contributed by atoms with Gasteiger partial charge in [-0.15, -0.1) is 0 Å². The van der Waals surface area contributed by atoms with Crippen LogP contribution in [-0.2, 0) is 14.6 Å². The molecule has 1 saturated heterocycles. The monoisotopic (exact) mass is 435 g/mol. The standard InChI is InChI=1S/C19H22N2O5S.C2H7N/c1-3-5-16(4-2)26-17-8-6-15(7-9-17)19(23)20-14-18(22)21-10-12-27(24,25)13-11-21;1-2-3/h3-9H,1-2,10-14H2,(H,20,23);2-3H2,1H3/b16-5+;. The minimum atomic E-state index is -3.05. The zero-order valence-electron chi connectivity index (χ0n) is 17.2. The van der Waals surface area contributed by atoms with Crippen LogP contribution in [0.5, 0.6) is 5.75 Å². The maximum absolute atomic E-state index is 12.2. The number of rotatable bonds is 7. The molecule has 1 aliphatic heterocycles. The van der Waals surface area contributed by atoms with Crippen LogP contribution in [0.1, 0.15) is 17.3 Å². The molecule has 9 heteroatoms. The molecule has 8 nitrogen and oxygen atoms in total. The van der Waals surface area contributed by atoms with Gasteiger partial charge in [0.1, 0.15) is 11.5 Å². The normalized spacial score (nSPS) is 15.3. The van der Waals surface area contributed by atoms with Crippen molar-refractivity contribution in [2.24, 2.45) is 5.73 Å². The van der Waals surface area contributed by atoms with Crippen LogP contribution in [0.3, 0.4) is 0 Å². The highest BCUT2D eigenvalue weighted by Gasteiger charge is 2.25. The lowest BCUT2D eigenvalue weighted by Gasteiger charge is -2.26. The van der Waals surface area contributed by atoms with Gasteiger partial charge in [0.05, 0.1) is 18.1 Å². The fourth-order valence-electron chi connectivity index (χ4n) is 2.40. The van der Waals surface area contributed by atoms with Crippen LogP contribution >= 0.6 is 0 Å². The summed E-state index contributed by atoms with van der Waals surface area (Å²) in [4.78, 5) is 25.7. The van der Waals surface area contributed by atoms with Crippen molar-refractivity contribution in [3.05, 3.63) is 67.0 Å². The smallest absolute Gasteiger partial charge is 0.251 e. The number of allylic oxidation sites excluding steroid dienone is 3. The van der Waals surface area contributed by atoms with Crippen LogP contribution in [0.15, 0.2) is 61.4 Å². The first-order chi connectivity index (χ1) is 14.3. The lowest BCUT2D eigenvalue weighted by atomic mass is 10.2. The van der Waals surface area contributed by atoms with Crippen LogP contribution in [0.4, 0.5) is 0 Å². The largest absolute Gasteiger partial charge is 0.457 e. The number of carbonyl (C=O) groups excluding carboxylic acids is 2. The number of ether oxygens (including phenoxy) is 1. The van der Waals surface area contributed by atoms with Crippen molar-refractivity contribution in [1.82, 2.24) is 10.2 Å². The van der Waals surface area contributed by atoms with Gasteiger partial charge in [0.25, 0.3) is 5.91 Å². The average Bonchev–Trinajstić information content (AvgIpc) is 2.72. The third-order valence-electron chi connectivity index (χ3n) is 3.93. The van der Waals surface area contributed by atoms with E-state index in [1.165, 1.54) is 4.90 Å². The van der Waals surface area contributed by atoms with Crippen molar-refractivity contribution < 1.29 is 22.7 Å². The van der Waals surface area contributed by atoms with E-state index in [-0.39, 0.29) is 37.0 Å². The zero-order chi connectivity index (χ0) is 22.6. The highest BCUT2D eigenvalue weighted by atomic mass is 32.2. The number of benzene rings is 1. The topological polar surface area (TPSA) is 119 Å². The maximum Gasteiger partial charge on any atom is 0.251 e. The predicted octanol–water partition coefficient (Wildman–Crippen LogP) is 1.27. The Kier molecular flexibility index (Phi) is 10.6. The first-order valence-corrected chi connectivity index (χ1v) is 11.3. The number of nitrogens with two attached hydrogens (primary N) is 1. The Morgan fingerprint density at radius 1 is 1.20 bits per heavy atom. The Bertz CT molecular complexity index is 862. The highest BCUT2D eigenvalue weighted by Crippen LogP contribution is 2.16. The molecule has 0 radical (unpaired) electrons. The first-order valence-electron chi connectivity index (χ1n) is 9.45. The molecule has 0 unspecified atom stereocenters. The van der Waals surface area contributed by atoms with E-state index < -0.39 is 15.7 Å². The molecule has 0 atom stereocenters. The van der Waals surface area contributed by atoms with Gasteiger partial charge in [0.15, 0.2) is 9.84 Å². The summed E-state index contributed by atoms with van der Waals surface area (Å²) in [6.45, 7) is 10.0. The third-order valence-corrected chi connectivity index (χ3v) is 5.54. The molecule has 0 bridgehead atoms. The second-order valence-electron chi connectivity index (χ2n) is 6.26. The van der Waals surface area contributed by atoms with E-state index in [2.05, 4.69) is 18.5 Å². The molecule has 164 valence electrons. The van der Waals surface area contributed by atoms with Crippen LogP contribution in [-0.4, -0.2) is 62.8 Å². The van der Waals surface area contributed by atoms with Gasteiger partial charge in [0.2, 0.25) is 5.91 Å². The first kappa shape index (κ1) is 25.1. The Labute approximate surface area is 178 Å². The second kappa shape index (κ2) is 12.6. The second-order valence-corrected chi connectivity index (χ2v) is 8.56. The van der Waals surface area contributed by atoms with Gasteiger partial charge in [-0.05, 0) is 43.0 Å². The third kappa shape index (κ3) is 8.62. The lowest BCUT2D eigenvalue weighted by molar-refractivity contribution is -0.129. The molecule has 3 N–H and O–H groups in total. The van der Waals surface area contributed by atoms with Gasteiger partial charge < -0.3 is 20.7 Å². The molecule has 1 aromatic rings. The summed E-state index contributed by atoms with van der Waals surface area (Å²) in [6.07, 6.45) is 4.78. The number of carbonyl (C=O) groups is 2. The van der Waals surface area contributed by atoms with Crippen LogP contribution < -0.4 is 15.8 Å².